The van der Waals surface area contributed by atoms with E-state index < -0.39 is 0 Å². The zero-order valence-electron chi connectivity index (χ0n) is 9.25. The third kappa shape index (κ3) is 4.44. The fourth-order valence-corrected chi connectivity index (χ4v) is 1.44. The number of aromatic nitrogens is 2. The molecule has 1 aromatic rings. The first-order valence-electron chi connectivity index (χ1n) is 4.98. The maximum Gasteiger partial charge on any atom is 0.224 e. The van der Waals surface area contributed by atoms with E-state index in [1.165, 1.54) is 0 Å². The van der Waals surface area contributed by atoms with Crippen molar-refractivity contribution in [2.45, 2.75) is 26.9 Å². The average molecular weight is 230 g/mol. The number of rotatable bonds is 5. The highest BCUT2D eigenvalue weighted by Crippen LogP contribution is 2.09. The zero-order chi connectivity index (χ0) is 11.3. The Labute approximate surface area is 95.0 Å². The van der Waals surface area contributed by atoms with Gasteiger partial charge in [-0.1, -0.05) is 0 Å². The van der Waals surface area contributed by atoms with E-state index in [-0.39, 0.29) is 11.4 Å². The lowest BCUT2D eigenvalue weighted by molar-refractivity contribution is 0.0855. The van der Waals surface area contributed by atoms with Gasteiger partial charge in [0.15, 0.2) is 0 Å². The van der Waals surface area contributed by atoms with Crippen LogP contribution in [-0.2, 0) is 4.74 Å². The van der Waals surface area contributed by atoms with Gasteiger partial charge in [-0.05, 0) is 32.4 Å². The summed E-state index contributed by atoms with van der Waals surface area (Å²) in [5.74, 6) is 0.735. The number of aryl methyl sites for hydroxylation is 1. The topological polar surface area (TPSA) is 47.0 Å². The highest BCUT2D eigenvalue weighted by molar-refractivity contribution is 6.28. The van der Waals surface area contributed by atoms with E-state index in [1.807, 2.05) is 26.8 Å². The molecule has 5 heteroatoms. The van der Waals surface area contributed by atoms with Gasteiger partial charge in [0, 0.05) is 24.9 Å². The van der Waals surface area contributed by atoms with Crippen molar-refractivity contribution in [3.63, 3.8) is 0 Å². The van der Waals surface area contributed by atoms with E-state index in [0.29, 0.717) is 13.2 Å². The first-order valence-corrected chi connectivity index (χ1v) is 5.36. The van der Waals surface area contributed by atoms with Crippen LogP contribution in [0.25, 0.3) is 0 Å². The third-order valence-electron chi connectivity index (χ3n) is 1.85. The molecule has 0 saturated carbocycles. The summed E-state index contributed by atoms with van der Waals surface area (Å²) in [6.45, 7) is 7.28. The molecule has 0 aliphatic carbocycles. The number of halogens is 1. The molecule has 0 amide bonds. The van der Waals surface area contributed by atoms with Gasteiger partial charge in [-0.25, -0.2) is 9.97 Å². The van der Waals surface area contributed by atoms with Crippen molar-refractivity contribution in [2.75, 3.05) is 18.5 Å². The van der Waals surface area contributed by atoms with Gasteiger partial charge in [-0.15, -0.1) is 0 Å². The number of ether oxygens (including phenoxy) is 1. The number of anilines is 1. The minimum absolute atomic E-state index is 0.157. The Balaban J connectivity index is 2.50. The number of hydrogen-bond donors (Lipinski definition) is 1. The summed E-state index contributed by atoms with van der Waals surface area (Å²) in [6.07, 6.45) is 0.157. The van der Waals surface area contributed by atoms with Crippen LogP contribution >= 0.6 is 11.6 Å². The summed E-state index contributed by atoms with van der Waals surface area (Å²) in [7, 11) is 0. The maximum atomic E-state index is 5.73. The highest BCUT2D eigenvalue weighted by atomic mass is 35.5. The molecule has 84 valence electrons. The predicted octanol–water partition coefficient (Wildman–Crippen LogP) is 2.28. The van der Waals surface area contributed by atoms with Gasteiger partial charge in [0.2, 0.25) is 5.28 Å². The van der Waals surface area contributed by atoms with Crippen molar-refractivity contribution in [3.8, 4) is 0 Å². The molecule has 0 saturated heterocycles. The van der Waals surface area contributed by atoms with Gasteiger partial charge >= 0.3 is 0 Å². The molecule has 1 atom stereocenters. The number of nitrogens with one attached hydrogen (secondary N) is 1. The van der Waals surface area contributed by atoms with Crippen molar-refractivity contribution < 1.29 is 4.74 Å². The quantitative estimate of drug-likeness (QED) is 0.787. The molecule has 15 heavy (non-hydrogen) atoms. The Kier molecular flexibility index (Phi) is 4.78. The van der Waals surface area contributed by atoms with Crippen LogP contribution in [0.3, 0.4) is 0 Å². The lowest BCUT2D eigenvalue weighted by atomic mass is 10.4. The van der Waals surface area contributed by atoms with Crippen LogP contribution in [0.2, 0.25) is 5.28 Å². The number of hydrogen-bond acceptors (Lipinski definition) is 4. The van der Waals surface area contributed by atoms with Crippen molar-refractivity contribution in [1.29, 1.82) is 0 Å². The van der Waals surface area contributed by atoms with Crippen LogP contribution in [0.4, 0.5) is 5.82 Å². The molecule has 1 unspecified atom stereocenters. The smallest absolute Gasteiger partial charge is 0.224 e. The van der Waals surface area contributed by atoms with Crippen LogP contribution in [0.1, 0.15) is 19.5 Å². The molecular weight excluding hydrogens is 214 g/mol. The molecule has 1 N–H and O–H groups in total. The SMILES string of the molecule is CCOC(C)CNc1cc(C)nc(Cl)n1. The summed E-state index contributed by atoms with van der Waals surface area (Å²) in [5.41, 5.74) is 0.849. The van der Waals surface area contributed by atoms with E-state index in [2.05, 4.69) is 15.3 Å². The predicted molar refractivity (Wildman–Crippen MR) is 61.4 cm³/mol. The van der Waals surface area contributed by atoms with E-state index in [0.717, 1.165) is 11.5 Å². The van der Waals surface area contributed by atoms with E-state index in [9.17, 15) is 0 Å². The van der Waals surface area contributed by atoms with Crippen molar-refractivity contribution in [3.05, 3.63) is 17.0 Å². The summed E-state index contributed by atoms with van der Waals surface area (Å²) in [6, 6.07) is 1.85. The Hall–Kier alpha value is -0.870. The Bertz CT molecular complexity index is 299. The molecular formula is C10H16ClN3O. The van der Waals surface area contributed by atoms with Gasteiger partial charge in [-0.3, -0.25) is 0 Å². The molecule has 1 heterocycles. The molecule has 0 aromatic carbocycles. The largest absolute Gasteiger partial charge is 0.377 e. The minimum atomic E-state index is 0.157. The van der Waals surface area contributed by atoms with Crippen LogP contribution < -0.4 is 5.32 Å². The van der Waals surface area contributed by atoms with E-state index in [4.69, 9.17) is 16.3 Å². The highest BCUT2D eigenvalue weighted by Gasteiger charge is 2.03. The van der Waals surface area contributed by atoms with Gasteiger partial charge in [0.25, 0.3) is 0 Å². The zero-order valence-corrected chi connectivity index (χ0v) is 10.0. The fourth-order valence-electron chi connectivity index (χ4n) is 1.21. The maximum absolute atomic E-state index is 5.73. The minimum Gasteiger partial charge on any atom is -0.377 e. The summed E-state index contributed by atoms with van der Waals surface area (Å²) < 4.78 is 5.39. The lowest BCUT2D eigenvalue weighted by Gasteiger charge is -2.13. The van der Waals surface area contributed by atoms with Gasteiger partial charge in [0.1, 0.15) is 5.82 Å². The van der Waals surface area contributed by atoms with E-state index >= 15 is 0 Å². The molecule has 0 aliphatic heterocycles. The van der Waals surface area contributed by atoms with Crippen LogP contribution in [-0.4, -0.2) is 29.2 Å². The first kappa shape index (κ1) is 12.2. The second kappa shape index (κ2) is 5.88. The summed E-state index contributed by atoms with van der Waals surface area (Å²) in [4.78, 5) is 8.03. The normalized spacial score (nSPS) is 12.5. The van der Waals surface area contributed by atoms with Gasteiger partial charge < -0.3 is 10.1 Å². The van der Waals surface area contributed by atoms with Gasteiger partial charge in [0.05, 0.1) is 6.10 Å². The molecule has 4 nitrogen and oxygen atoms in total. The second-order valence-corrected chi connectivity index (χ2v) is 3.65. The molecule has 0 fully saturated rings. The van der Waals surface area contributed by atoms with Crippen molar-refractivity contribution in [1.82, 2.24) is 9.97 Å². The fraction of sp³-hybridized carbons (Fsp3) is 0.600. The molecule has 0 radical (unpaired) electrons. The summed E-state index contributed by atoms with van der Waals surface area (Å²) >= 11 is 5.73. The van der Waals surface area contributed by atoms with Crippen LogP contribution in [0.5, 0.6) is 0 Å². The van der Waals surface area contributed by atoms with Crippen molar-refractivity contribution in [2.24, 2.45) is 0 Å². The number of nitrogens with zero attached hydrogens (tertiary/aromatic N) is 2. The van der Waals surface area contributed by atoms with Crippen LogP contribution in [0, 0.1) is 6.92 Å². The van der Waals surface area contributed by atoms with Crippen molar-refractivity contribution >= 4 is 17.4 Å². The Morgan fingerprint density at radius 3 is 2.87 bits per heavy atom. The average Bonchev–Trinajstić information content (AvgIpc) is 2.14. The van der Waals surface area contributed by atoms with Gasteiger partial charge in [-0.2, -0.15) is 0 Å². The summed E-state index contributed by atoms with van der Waals surface area (Å²) in [5, 5.41) is 3.42. The van der Waals surface area contributed by atoms with Crippen LogP contribution in [0.15, 0.2) is 6.07 Å². The monoisotopic (exact) mass is 229 g/mol. The second-order valence-electron chi connectivity index (χ2n) is 3.31. The molecule has 0 bridgehead atoms. The molecule has 1 aromatic heterocycles. The molecule has 1 rings (SSSR count). The molecule has 0 spiro atoms. The lowest BCUT2D eigenvalue weighted by Crippen LogP contribution is -2.20. The third-order valence-corrected chi connectivity index (χ3v) is 2.02. The Morgan fingerprint density at radius 2 is 2.27 bits per heavy atom. The van der Waals surface area contributed by atoms with E-state index in [1.54, 1.807) is 0 Å². The Morgan fingerprint density at radius 1 is 1.53 bits per heavy atom. The first-order chi connectivity index (χ1) is 7.11. The standard InChI is InChI=1S/C10H16ClN3O/c1-4-15-8(3)6-12-9-5-7(2)13-10(11)14-9/h5,8H,4,6H2,1-3H3,(H,12,13,14). The molecule has 0 aliphatic rings.